The number of hydrogen-bond donors (Lipinski definition) is 0. The highest BCUT2D eigenvalue weighted by Gasteiger charge is 2.25. The molecule has 9 heteroatoms. The highest BCUT2D eigenvalue weighted by atomic mass is 15.0. The summed E-state index contributed by atoms with van der Waals surface area (Å²) >= 11 is 0. The smallest absolute Gasteiger partial charge is 0.187 e. The zero-order chi connectivity index (χ0) is 50.6. The molecule has 0 aliphatic rings. The van der Waals surface area contributed by atoms with Gasteiger partial charge in [0.25, 0.3) is 0 Å². The molecule has 0 aliphatic heterocycles. The number of nitriles is 3. The van der Waals surface area contributed by atoms with Crippen molar-refractivity contribution < 1.29 is 0 Å². The first-order valence-electron chi connectivity index (χ1n) is 23.8. The number of nitrogens with zero attached hydrogens (tertiary/aromatic N) is 9. The summed E-state index contributed by atoms with van der Waals surface area (Å²) in [5.41, 5.74) is 17.1. The zero-order valence-corrected chi connectivity index (χ0v) is 39.9. The summed E-state index contributed by atoms with van der Waals surface area (Å²) in [6.45, 7) is 19.1. The van der Waals surface area contributed by atoms with E-state index in [1.165, 1.54) is 0 Å². The van der Waals surface area contributed by atoms with E-state index in [0.717, 1.165) is 99.5 Å². The standard InChI is InChI=1S/C65H37N9/c1-39-29-40(2)72-65(71-39)51-34-63(73-59-30-47(43-9-5-41(36-66)6-10-43)17-25-54(59)56-27-19-49(32-61(56)73)45-13-21-52(69-3)22-14-45)58(38-68)64(35-51)74-60-31-48(44-11-7-42(37-67)8-12-44)18-26-55(60)57-28-20-50(33-62(57)74)46-15-23-53(70-4)24-16-46/h5-35H,1-2H3. The summed E-state index contributed by atoms with van der Waals surface area (Å²) < 4.78 is 4.37. The van der Waals surface area contributed by atoms with E-state index in [1.807, 2.05) is 129 Å². The van der Waals surface area contributed by atoms with Crippen LogP contribution >= 0.6 is 0 Å². The predicted octanol–water partition coefficient (Wildman–Crippen LogP) is 16.3. The molecule has 0 N–H and O–H groups in total. The van der Waals surface area contributed by atoms with E-state index in [-0.39, 0.29) is 0 Å². The molecular weight excluding hydrogens is 907 g/mol. The van der Waals surface area contributed by atoms with Crippen molar-refractivity contribution in [3.63, 3.8) is 0 Å². The van der Waals surface area contributed by atoms with Gasteiger partial charge in [0.2, 0.25) is 0 Å². The molecule has 9 nitrogen and oxygen atoms in total. The van der Waals surface area contributed by atoms with Crippen LogP contribution in [-0.4, -0.2) is 19.1 Å². The molecule has 0 bridgehead atoms. The van der Waals surface area contributed by atoms with Gasteiger partial charge in [-0.25, -0.2) is 19.7 Å². The second kappa shape index (κ2) is 17.8. The normalized spacial score (nSPS) is 11.0. The van der Waals surface area contributed by atoms with Gasteiger partial charge in [0.05, 0.1) is 69.9 Å². The average Bonchev–Trinajstić information content (AvgIpc) is 3.96. The van der Waals surface area contributed by atoms with Crippen molar-refractivity contribution in [3.05, 3.63) is 239 Å². The Hall–Kier alpha value is -10.9. The minimum absolute atomic E-state index is 0.405. The van der Waals surface area contributed by atoms with Crippen molar-refractivity contribution in [1.29, 1.82) is 15.8 Å². The number of hydrogen-bond acceptors (Lipinski definition) is 5. The number of fused-ring (bicyclic) bond motifs is 6. The summed E-state index contributed by atoms with van der Waals surface area (Å²) in [6.07, 6.45) is 0. The van der Waals surface area contributed by atoms with Gasteiger partial charge in [0.1, 0.15) is 11.6 Å². The molecule has 3 aromatic heterocycles. The molecule has 9 aromatic carbocycles. The Morgan fingerprint density at radius 1 is 0.365 bits per heavy atom. The van der Waals surface area contributed by atoms with Gasteiger partial charge >= 0.3 is 0 Å². The number of aromatic nitrogens is 4. The Kier molecular flexibility index (Phi) is 10.7. The average molecular weight is 944 g/mol. The van der Waals surface area contributed by atoms with Crippen LogP contribution in [0.25, 0.3) is 121 Å². The van der Waals surface area contributed by atoms with E-state index >= 15 is 0 Å². The molecule has 0 amide bonds. The Labute approximate surface area is 426 Å². The fourth-order valence-electron chi connectivity index (χ4n) is 10.3. The first kappa shape index (κ1) is 44.3. The molecule has 0 aliphatic carbocycles. The quantitative estimate of drug-likeness (QED) is 0.148. The SMILES string of the molecule is [C-]#[N+]c1ccc(-c2ccc3c4ccc(-c5ccc(C#N)cc5)cc4n(-c4cc(-c5nc(C)cc(C)n5)cc(-n5c6cc(-c7ccc(C#N)cc7)ccc6c6ccc(-c7ccc([N+]#[C-])cc7)cc65)c4C#N)c3c2)cc1. The van der Waals surface area contributed by atoms with Crippen LogP contribution in [0, 0.1) is 61.0 Å². The van der Waals surface area contributed by atoms with Crippen molar-refractivity contribution >= 4 is 55.0 Å². The van der Waals surface area contributed by atoms with Crippen LogP contribution in [0.15, 0.2) is 188 Å². The van der Waals surface area contributed by atoms with Gasteiger partial charge < -0.3 is 9.13 Å². The van der Waals surface area contributed by atoms with Gasteiger partial charge in [0.15, 0.2) is 17.2 Å². The van der Waals surface area contributed by atoms with Gasteiger partial charge in [-0.15, -0.1) is 0 Å². The number of aryl methyl sites for hydroxylation is 2. The molecule has 12 aromatic rings. The van der Waals surface area contributed by atoms with Gasteiger partial charge in [-0.05, 0) is 125 Å². The molecule has 12 rings (SSSR count). The molecule has 0 radical (unpaired) electrons. The third-order valence-electron chi connectivity index (χ3n) is 13.8. The monoisotopic (exact) mass is 943 g/mol. The van der Waals surface area contributed by atoms with E-state index in [1.54, 1.807) is 0 Å². The van der Waals surface area contributed by atoms with E-state index < -0.39 is 0 Å². The molecule has 342 valence electrons. The molecule has 74 heavy (non-hydrogen) atoms. The lowest BCUT2D eigenvalue weighted by molar-refractivity contribution is 1.05. The molecule has 0 fully saturated rings. The third kappa shape index (κ3) is 7.54. The summed E-state index contributed by atoms with van der Waals surface area (Å²) in [5, 5.41) is 35.2. The van der Waals surface area contributed by atoms with Crippen molar-refractivity contribution in [3.8, 4) is 85.5 Å². The van der Waals surface area contributed by atoms with Crippen molar-refractivity contribution in [2.75, 3.05) is 0 Å². The Morgan fingerprint density at radius 3 is 0.973 bits per heavy atom. The summed E-state index contributed by atoms with van der Waals surface area (Å²) in [4.78, 5) is 17.3. The maximum absolute atomic E-state index is 12.0. The largest absolute Gasteiger partial charge is 0.308 e. The minimum atomic E-state index is 0.405. The van der Waals surface area contributed by atoms with E-state index in [0.29, 0.717) is 50.8 Å². The fourth-order valence-corrected chi connectivity index (χ4v) is 10.3. The van der Waals surface area contributed by atoms with Gasteiger partial charge in [-0.3, -0.25) is 0 Å². The lowest BCUT2D eigenvalue weighted by Crippen LogP contribution is -2.06. The van der Waals surface area contributed by atoms with Crippen LogP contribution in [-0.2, 0) is 0 Å². The number of rotatable bonds is 7. The lowest BCUT2D eigenvalue weighted by atomic mass is 10.0. The van der Waals surface area contributed by atoms with Crippen LogP contribution in [0.3, 0.4) is 0 Å². The highest BCUT2D eigenvalue weighted by molar-refractivity contribution is 6.13. The lowest BCUT2D eigenvalue weighted by Gasteiger charge is -2.19. The van der Waals surface area contributed by atoms with Crippen molar-refractivity contribution in [1.82, 2.24) is 19.1 Å². The Morgan fingerprint density at radius 2 is 0.676 bits per heavy atom. The molecule has 3 heterocycles. The third-order valence-corrected chi connectivity index (χ3v) is 13.8. The maximum atomic E-state index is 12.0. The van der Waals surface area contributed by atoms with Gasteiger partial charge in [-0.2, -0.15) is 15.8 Å². The summed E-state index contributed by atoms with van der Waals surface area (Å²) in [7, 11) is 0. The molecule has 0 saturated heterocycles. The van der Waals surface area contributed by atoms with Gasteiger partial charge in [0, 0.05) is 38.5 Å². The Balaban J connectivity index is 1.22. The maximum Gasteiger partial charge on any atom is 0.187 e. The highest BCUT2D eigenvalue weighted by Crippen LogP contribution is 2.43. The molecule has 0 unspecified atom stereocenters. The van der Waals surface area contributed by atoms with E-state index in [9.17, 15) is 15.8 Å². The number of benzene rings is 9. The van der Waals surface area contributed by atoms with Crippen LogP contribution in [0.4, 0.5) is 11.4 Å². The fraction of sp³-hybridized carbons (Fsp3) is 0.0308. The van der Waals surface area contributed by atoms with Crippen molar-refractivity contribution in [2.45, 2.75) is 13.8 Å². The zero-order valence-electron chi connectivity index (χ0n) is 39.9. The molecular formula is C65H37N9. The second-order valence-electron chi connectivity index (χ2n) is 18.3. The predicted molar refractivity (Wildman–Crippen MR) is 294 cm³/mol. The molecule has 0 spiro atoms. The first-order valence-corrected chi connectivity index (χ1v) is 23.8. The molecule has 0 atom stereocenters. The first-order chi connectivity index (χ1) is 36.2. The Bertz CT molecular complexity index is 4020. The van der Waals surface area contributed by atoms with E-state index in [4.69, 9.17) is 23.1 Å². The van der Waals surface area contributed by atoms with E-state index in [2.05, 4.69) is 110 Å². The van der Waals surface area contributed by atoms with Crippen LogP contribution in [0.2, 0.25) is 0 Å². The van der Waals surface area contributed by atoms with Crippen molar-refractivity contribution in [2.24, 2.45) is 0 Å². The second-order valence-corrected chi connectivity index (χ2v) is 18.3. The van der Waals surface area contributed by atoms with Crippen LogP contribution in [0.1, 0.15) is 28.1 Å². The minimum Gasteiger partial charge on any atom is -0.308 e. The topological polar surface area (TPSA) is 116 Å². The van der Waals surface area contributed by atoms with Crippen LogP contribution in [0.5, 0.6) is 0 Å². The van der Waals surface area contributed by atoms with Gasteiger partial charge in [-0.1, -0.05) is 121 Å². The van der Waals surface area contributed by atoms with Crippen LogP contribution < -0.4 is 0 Å². The summed E-state index contributed by atoms with van der Waals surface area (Å²) in [6, 6.07) is 68.9. The molecule has 0 saturated carbocycles. The summed E-state index contributed by atoms with van der Waals surface area (Å²) in [5.74, 6) is 0.508.